The van der Waals surface area contributed by atoms with Crippen LogP contribution in [0.2, 0.25) is 5.02 Å². The first-order valence-corrected chi connectivity index (χ1v) is 6.35. The third-order valence-corrected chi connectivity index (χ3v) is 3.41. The average molecular weight is 282 g/mol. The van der Waals surface area contributed by atoms with E-state index in [9.17, 15) is 8.78 Å². The highest BCUT2D eigenvalue weighted by Gasteiger charge is 2.15. The predicted molar refractivity (Wildman–Crippen MR) is 73.3 cm³/mol. The molecule has 0 aliphatic carbocycles. The monoisotopic (exact) mass is 281 g/mol. The molecule has 1 unspecified atom stereocenters. The summed E-state index contributed by atoms with van der Waals surface area (Å²) in [5.41, 5.74) is 1.36. The summed E-state index contributed by atoms with van der Waals surface area (Å²) < 4.78 is 26.5. The summed E-state index contributed by atoms with van der Waals surface area (Å²) in [6.45, 7) is 0. The van der Waals surface area contributed by atoms with E-state index >= 15 is 0 Å². The summed E-state index contributed by atoms with van der Waals surface area (Å²) in [6.07, 6.45) is 0.409. The minimum Gasteiger partial charge on any atom is -0.313 e. The molecule has 2 aromatic carbocycles. The zero-order chi connectivity index (χ0) is 13.8. The Balaban J connectivity index is 2.27. The van der Waals surface area contributed by atoms with Crippen LogP contribution in [0.5, 0.6) is 0 Å². The lowest BCUT2D eigenvalue weighted by Crippen LogP contribution is -2.19. The molecule has 1 atom stereocenters. The number of halogens is 3. The lowest BCUT2D eigenvalue weighted by atomic mass is 9.98. The summed E-state index contributed by atoms with van der Waals surface area (Å²) in [7, 11) is 1.79. The fourth-order valence-corrected chi connectivity index (χ4v) is 2.30. The second-order valence-electron chi connectivity index (χ2n) is 4.30. The third kappa shape index (κ3) is 3.31. The number of hydrogen-bond donors (Lipinski definition) is 1. The molecule has 0 spiro atoms. The van der Waals surface area contributed by atoms with E-state index in [2.05, 4.69) is 5.32 Å². The van der Waals surface area contributed by atoms with Crippen molar-refractivity contribution in [3.63, 3.8) is 0 Å². The number of rotatable bonds is 4. The van der Waals surface area contributed by atoms with Crippen molar-refractivity contribution in [1.82, 2.24) is 5.32 Å². The van der Waals surface area contributed by atoms with Crippen LogP contribution in [0.4, 0.5) is 8.78 Å². The molecule has 0 amide bonds. The third-order valence-electron chi connectivity index (χ3n) is 3.07. The van der Waals surface area contributed by atoms with Gasteiger partial charge in [0.2, 0.25) is 0 Å². The van der Waals surface area contributed by atoms with Crippen LogP contribution in [0, 0.1) is 11.6 Å². The molecule has 1 nitrogen and oxygen atoms in total. The largest absolute Gasteiger partial charge is 0.313 e. The van der Waals surface area contributed by atoms with Crippen molar-refractivity contribution in [3.8, 4) is 0 Å². The second kappa shape index (κ2) is 6.13. The van der Waals surface area contributed by atoms with E-state index < -0.39 is 11.6 Å². The van der Waals surface area contributed by atoms with Gasteiger partial charge in [-0.15, -0.1) is 0 Å². The van der Waals surface area contributed by atoms with Gasteiger partial charge in [0.25, 0.3) is 0 Å². The van der Waals surface area contributed by atoms with Crippen LogP contribution >= 0.6 is 11.6 Å². The van der Waals surface area contributed by atoms with Gasteiger partial charge in [0.05, 0.1) is 0 Å². The van der Waals surface area contributed by atoms with Crippen molar-refractivity contribution in [2.24, 2.45) is 0 Å². The van der Waals surface area contributed by atoms with Gasteiger partial charge in [-0.1, -0.05) is 35.9 Å². The zero-order valence-corrected chi connectivity index (χ0v) is 11.2. The Morgan fingerprint density at radius 2 is 1.89 bits per heavy atom. The lowest BCUT2D eigenvalue weighted by molar-refractivity contribution is 0.541. The predicted octanol–water partition coefficient (Wildman–Crippen LogP) is 4.12. The normalized spacial score (nSPS) is 12.4. The van der Waals surface area contributed by atoms with Crippen molar-refractivity contribution in [1.29, 1.82) is 0 Å². The second-order valence-corrected chi connectivity index (χ2v) is 4.71. The van der Waals surface area contributed by atoms with E-state index in [1.807, 2.05) is 18.2 Å². The minimum atomic E-state index is -0.569. The molecule has 0 heterocycles. The highest BCUT2D eigenvalue weighted by Crippen LogP contribution is 2.26. The highest BCUT2D eigenvalue weighted by atomic mass is 35.5. The van der Waals surface area contributed by atoms with Gasteiger partial charge in [0.1, 0.15) is 11.6 Å². The van der Waals surface area contributed by atoms with Crippen molar-refractivity contribution in [2.45, 2.75) is 12.5 Å². The van der Waals surface area contributed by atoms with E-state index in [-0.39, 0.29) is 6.04 Å². The summed E-state index contributed by atoms with van der Waals surface area (Å²) in [6, 6.07) is 10.9. The average Bonchev–Trinajstić information content (AvgIpc) is 2.39. The number of benzene rings is 2. The standard InChI is InChI=1S/C15H14ClF2N/c1-19-15(12-4-2-3-5-13(12)16)8-10-6-7-11(17)9-14(10)18/h2-7,9,15,19H,8H2,1H3. The molecule has 0 saturated heterocycles. The Morgan fingerprint density at radius 1 is 1.16 bits per heavy atom. The van der Waals surface area contributed by atoms with Gasteiger partial charge < -0.3 is 5.32 Å². The summed E-state index contributed by atoms with van der Waals surface area (Å²) in [5, 5.41) is 3.73. The van der Waals surface area contributed by atoms with Crippen LogP contribution in [0.3, 0.4) is 0 Å². The number of hydrogen-bond acceptors (Lipinski definition) is 1. The SMILES string of the molecule is CNC(Cc1ccc(F)cc1F)c1ccccc1Cl. The van der Waals surface area contributed by atoms with Gasteiger partial charge in [-0.3, -0.25) is 0 Å². The maximum Gasteiger partial charge on any atom is 0.129 e. The van der Waals surface area contributed by atoms with Crippen LogP contribution < -0.4 is 5.32 Å². The molecule has 0 radical (unpaired) electrons. The highest BCUT2D eigenvalue weighted by molar-refractivity contribution is 6.31. The first-order chi connectivity index (χ1) is 9.11. The first kappa shape index (κ1) is 14.0. The number of likely N-dealkylation sites (N-methyl/N-ethyl adjacent to an activating group) is 1. The Labute approximate surface area is 116 Å². The van der Waals surface area contributed by atoms with E-state index in [1.165, 1.54) is 12.1 Å². The Bertz CT molecular complexity index is 572. The van der Waals surface area contributed by atoms with Gasteiger partial charge in [0.15, 0.2) is 0 Å². The van der Waals surface area contributed by atoms with E-state index in [0.29, 0.717) is 17.0 Å². The van der Waals surface area contributed by atoms with Crippen molar-refractivity contribution in [2.75, 3.05) is 7.05 Å². The van der Waals surface area contributed by atoms with E-state index in [1.54, 1.807) is 13.1 Å². The maximum atomic E-state index is 13.7. The van der Waals surface area contributed by atoms with Crippen LogP contribution in [-0.4, -0.2) is 7.05 Å². The van der Waals surface area contributed by atoms with Crippen LogP contribution in [-0.2, 0) is 6.42 Å². The topological polar surface area (TPSA) is 12.0 Å². The van der Waals surface area contributed by atoms with Gasteiger partial charge in [-0.2, -0.15) is 0 Å². The van der Waals surface area contributed by atoms with Crippen molar-refractivity contribution < 1.29 is 8.78 Å². The molecule has 100 valence electrons. The Hall–Kier alpha value is -1.45. The molecular weight excluding hydrogens is 268 g/mol. The summed E-state index contributed by atoms with van der Waals surface area (Å²) in [4.78, 5) is 0. The summed E-state index contributed by atoms with van der Waals surface area (Å²) >= 11 is 6.14. The number of nitrogens with one attached hydrogen (secondary N) is 1. The molecule has 1 N–H and O–H groups in total. The molecule has 0 aliphatic rings. The molecular formula is C15H14ClF2N. The molecule has 19 heavy (non-hydrogen) atoms. The fraction of sp³-hybridized carbons (Fsp3) is 0.200. The van der Waals surface area contributed by atoms with E-state index in [4.69, 9.17) is 11.6 Å². The molecule has 2 rings (SSSR count). The lowest BCUT2D eigenvalue weighted by Gasteiger charge is -2.18. The molecule has 2 aromatic rings. The van der Waals surface area contributed by atoms with Crippen LogP contribution in [0.25, 0.3) is 0 Å². The smallest absolute Gasteiger partial charge is 0.129 e. The summed E-state index contributed by atoms with van der Waals surface area (Å²) in [5.74, 6) is -1.10. The molecule has 0 saturated carbocycles. The van der Waals surface area contributed by atoms with Gasteiger partial charge >= 0.3 is 0 Å². The van der Waals surface area contributed by atoms with Gasteiger partial charge in [-0.25, -0.2) is 8.78 Å². The maximum absolute atomic E-state index is 13.7. The quantitative estimate of drug-likeness (QED) is 0.889. The minimum absolute atomic E-state index is 0.117. The first-order valence-electron chi connectivity index (χ1n) is 5.97. The Morgan fingerprint density at radius 3 is 2.53 bits per heavy atom. The zero-order valence-electron chi connectivity index (χ0n) is 10.5. The van der Waals surface area contributed by atoms with Crippen molar-refractivity contribution in [3.05, 3.63) is 70.2 Å². The van der Waals surface area contributed by atoms with Crippen LogP contribution in [0.1, 0.15) is 17.2 Å². The fourth-order valence-electron chi connectivity index (χ4n) is 2.03. The molecule has 0 aliphatic heterocycles. The van der Waals surface area contributed by atoms with Crippen LogP contribution in [0.15, 0.2) is 42.5 Å². The molecule has 0 fully saturated rings. The van der Waals surface area contributed by atoms with Crippen molar-refractivity contribution >= 4 is 11.6 Å². The van der Waals surface area contributed by atoms with E-state index in [0.717, 1.165) is 11.6 Å². The molecule has 0 aromatic heterocycles. The van der Waals surface area contributed by atoms with Gasteiger partial charge in [-0.05, 0) is 36.7 Å². The Kier molecular flexibility index (Phi) is 4.51. The van der Waals surface area contributed by atoms with Gasteiger partial charge in [0, 0.05) is 17.1 Å². The molecule has 4 heteroatoms. The molecule has 0 bridgehead atoms.